The first-order valence-corrected chi connectivity index (χ1v) is 7.04. The third-order valence-electron chi connectivity index (χ3n) is 3.53. The second-order valence-electron chi connectivity index (χ2n) is 5.09. The van der Waals surface area contributed by atoms with Crippen molar-refractivity contribution >= 4 is 5.91 Å². The van der Waals surface area contributed by atoms with E-state index in [1.807, 2.05) is 29.2 Å². The zero-order chi connectivity index (χ0) is 14.5. The first kappa shape index (κ1) is 13.5. The predicted molar refractivity (Wildman–Crippen MR) is 77.8 cm³/mol. The Hall–Kier alpha value is -2.43. The third-order valence-corrected chi connectivity index (χ3v) is 3.53. The molecule has 1 amide bonds. The van der Waals surface area contributed by atoms with Crippen LogP contribution in [-0.2, 0) is 11.2 Å². The Morgan fingerprint density at radius 2 is 2.10 bits per heavy atom. The topological polar surface area (TPSA) is 55.3 Å². The van der Waals surface area contributed by atoms with Crippen LogP contribution in [0.4, 0.5) is 0 Å². The molecule has 3 heterocycles. The lowest BCUT2D eigenvalue weighted by molar-refractivity contribution is -0.129. The number of carbonyl (C=O) groups is 1. The highest BCUT2D eigenvalue weighted by Gasteiger charge is 2.27. The average Bonchev–Trinajstić information content (AvgIpc) is 2.98. The number of hydrogen-bond acceptors (Lipinski definition) is 4. The molecule has 3 rings (SSSR count). The third kappa shape index (κ3) is 3.56. The van der Waals surface area contributed by atoms with Crippen molar-refractivity contribution in [2.24, 2.45) is 0 Å². The van der Waals surface area contributed by atoms with Gasteiger partial charge in [-0.25, -0.2) is 0 Å². The van der Waals surface area contributed by atoms with Gasteiger partial charge in [-0.15, -0.1) is 0 Å². The van der Waals surface area contributed by atoms with Crippen LogP contribution in [-0.4, -0.2) is 40.0 Å². The van der Waals surface area contributed by atoms with Crippen molar-refractivity contribution in [3.63, 3.8) is 0 Å². The van der Waals surface area contributed by atoms with E-state index in [0.29, 0.717) is 13.0 Å². The Morgan fingerprint density at radius 3 is 2.86 bits per heavy atom. The van der Waals surface area contributed by atoms with Crippen LogP contribution in [0.1, 0.15) is 12.0 Å². The van der Waals surface area contributed by atoms with Gasteiger partial charge in [0.2, 0.25) is 5.91 Å². The van der Waals surface area contributed by atoms with Crippen molar-refractivity contribution in [1.29, 1.82) is 0 Å². The van der Waals surface area contributed by atoms with Crippen molar-refractivity contribution in [2.75, 3.05) is 13.1 Å². The van der Waals surface area contributed by atoms with Crippen LogP contribution in [0, 0.1) is 0 Å². The number of carbonyl (C=O) groups excluding carboxylic acids is 1. The maximum absolute atomic E-state index is 12.2. The van der Waals surface area contributed by atoms with Crippen LogP contribution in [0.25, 0.3) is 0 Å². The van der Waals surface area contributed by atoms with Gasteiger partial charge in [-0.05, 0) is 23.8 Å². The largest absolute Gasteiger partial charge is 0.488 e. The minimum absolute atomic E-state index is 0.0604. The first-order chi connectivity index (χ1) is 10.3. The highest BCUT2D eigenvalue weighted by Crippen LogP contribution is 2.18. The Labute approximate surface area is 123 Å². The number of ether oxygens (including phenoxy) is 1. The van der Waals surface area contributed by atoms with Crippen molar-refractivity contribution in [1.82, 2.24) is 14.9 Å². The lowest BCUT2D eigenvalue weighted by Crippen LogP contribution is -2.32. The molecule has 1 atom stereocenters. The van der Waals surface area contributed by atoms with Crippen LogP contribution in [0.2, 0.25) is 0 Å². The van der Waals surface area contributed by atoms with E-state index in [1.165, 1.54) is 0 Å². The van der Waals surface area contributed by atoms with Crippen molar-refractivity contribution in [3.8, 4) is 5.75 Å². The molecular formula is C16H17N3O2. The molecule has 5 nitrogen and oxygen atoms in total. The Bertz CT molecular complexity index is 589. The fourth-order valence-corrected chi connectivity index (χ4v) is 2.45. The summed E-state index contributed by atoms with van der Waals surface area (Å²) in [5.41, 5.74) is 0.945. The standard InChI is InChI=1S/C16H17N3O2/c20-16(10-13-2-1-6-18-11-13)19-9-5-15(12-19)21-14-3-7-17-8-4-14/h1-4,6-8,11,15H,5,9-10,12H2/t15-/m1/s1. The number of rotatable bonds is 4. The molecule has 0 spiro atoms. The van der Waals surface area contributed by atoms with E-state index < -0.39 is 0 Å². The molecular weight excluding hydrogens is 266 g/mol. The summed E-state index contributed by atoms with van der Waals surface area (Å²) in [6.45, 7) is 1.39. The lowest BCUT2D eigenvalue weighted by Gasteiger charge is -2.17. The molecule has 0 bridgehead atoms. The Kier molecular flexibility index (Phi) is 4.09. The summed E-state index contributed by atoms with van der Waals surface area (Å²) < 4.78 is 5.86. The number of hydrogen-bond donors (Lipinski definition) is 0. The Morgan fingerprint density at radius 1 is 1.24 bits per heavy atom. The van der Waals surface area contributed by atoms with Gasteiger partial charge in [-0.2, -0.15) is 0 Å². The highest BCUT2D eigenvalue weighted by molar-refractivity contribution is 5.79. The number of likely N-dealkylation sites (tertiary alicyclic amines) is 1. The smallest absolute Gasteiger partial charge is 0.227 e. The molecule has 1 aliphatic rings. The van der Waals surface area contributed by atoms with Crippen molar-refractivity contribution in [2.45, 2.75) is 18.9 Å². The van der Waals surface area contributed by atoms with Crippen molar-refractivity contribution < 1.29 is 9.53 Å². The van der Waals surface area contributed by atoms with E-state index in [0.717, 1.165) is 24.3 Å². The van der Waals surface area contributed by atoms with Gasteiger partial charge < -0.3 is 9.64 Å². The van der Waals surface area contributed by atoms with Gasteiger partial charge in [0.1, 0.15) is 11.9 Å². The minimum atomic E-state index is 0.0604. The maximum Gasteiger partial charge on any atom is 0.227 e. The van der Waals surface area contributed by atoms with Crippen LogP contribution in [0.15, 0.2) is 49.1 Å². The summed E-state index contributed by atoms with van der Waals surface area (Å²) >= 11 is 0. The number of nitrogens with zero attached hydrogens (tertiary/aromatic N) is 3. The number of pyridine rings is 2. The monoisotopic (exact) mass is 283 g/mol. The summed E-state index contributed by atoms with van der Waals surface area (Å²) in [5.74, 6) is 0.931. The molecule has 0 radical (unpaired) electrons. The fraction of sp³-hybridized carbons (Fsp3) is 0.312. The summed E-state index contributed by atoms with van der Waals surface area (Å²) in [7, 11) is 0. The van der Waals surface area contributed by atoms with E-state index in [2.05, 4.69) is 9.97 Å². The molecule has 0 unspecified atom stereocenters. The average molecular weight is 283 g/mol. The van der Waals surface area contributed by atoms with Crippen LogP contribution < -0.4 is 4.74 Å². The SMILES string of the molecule is O=C(Cc1cccnc1)N1CC[C@@H](Oc2ccncc2)C1. The molecule has 0 aromatic carbocycles. The predicted octanol–water partition coefficient (Wildman–Crippen LogP) is 1.70. The van der Waals surface area contributed by atoms with E-state index in [1.54, 1.807) is 24.8 Å². The maximum atomic E-state index is 12.2. The number of aromatic nitrogens is 2. The molecule has 0 N–H and O–H groups in total. The normalized spacial score (nSPS) is 17.7. The lowest BCUT2D eigenvalue weighted by atomic mass is 10.2. The van der Waals surface area contributed by atoms with Crippen LogP contribution in [0.3, 0.4) is 0 Å². The molecule has 1 fully saturated rings. The van der Waals surface area contributed by atoms with E-state index in [9.17, 15) is 4.79 Å². The quantitative estimate of drug-likeness (QED) is 0.857. The minimum Gasteiger partial charge on any atom is -0.488 e. The molecule has 2 aromatic rings. The second kappa shape index (κ2) is 6.35. The second-order valence-corrected chi connectivity index (χ2v) is 5.09. The first-order valence-electron chi connectivity index (χ1n) is 7.04. The van der Waals surface area contributed by atoms with Gasteiger partial charge in [-0.1, -0.05) is 6.07 Å². The molecule has 0 aliphatic carbocycles. The van der Waals surface area contributed by atoms with Crippen molar-refractivity contribution in [3.05, 3.63) is 54.6 Å². The van der Waals surface area contributed by atoms with Crippen LogP contribution in [0.5, 0.6) is 5.75 Å². The fourth-order valence-electron chi connectivity index (χ4n) is 2.45. The molecule has 1 aliphatic heterocycles. The zero-order valence-electron chi connectivity index (χ0n) is 11.7. The summed E-state index contributed by atoms with van der Waals surface area (Å²) in [6, 6.07) is 7.44. The number of amides is 1. The summed E-state index contributed by atoms with van der Waals surface area (Å²) in [5, 5.41) is 0. The molecule has 5 heteroatoms. The summed E-state index contributed by atoms with van der Waals surface area (Å²) in [4.78, 5) is 22.1. The van der Waals surface area contributed by atoms with Gasteiger partial charge in [0.25, 0.3) is 0 Å². The molecule has 2 aromatic heterocycles. The molecule has 108 valence electrons. The molecule has 0 saturated carbocycles. The molecule has 21 heavy (non-hydrogen) atoms. The van der Waals surface area contributed by atoms with Gasteiger partial charge in [0.15, 0.2) is 0 Å². The summed E-state index contributed by atoms with van der Waals surface area (Å²) in [6.07, 6.45) is 8.17. The van der Waals surface area contributed by atoms with Gasteiger partial charge in [-0.3, -0.25) is 14.8 Å². The molecule has 1 saturated heterocycles. The zero-order valence-corrected chi connectivity index (χ0v) is 11.7. The van der Waals surface area contributed by atoms with Crippen LogP contribution >= 0.6 is 0 Å². The van der Waals surface area contributed by atoms with Gasteiger partial charge in [0.05, 0.1) is 13.0 Å². The Balaban J connectivity index is 1.53. The van der Waals surface area contributed by atoms with E-state index >= 15 is 0 Å². The van der Waals surface area contributed by atoms with E-state index in [4.69, 9.17) is 4.74 Å². The van der Waals surface area contributed by atoms with E-state index in [-0.39, 0.29) is 12.0 Å². The van der Waals surface area contributed by atoms with Gasteiger partial charge in [0, 0.05) is 37.8 Å². The highest BCUT2D eigenvalue weighted by atomic mass is 16.5. The van der Waals surface area contributed by atoms with Gasteiger partial charge >= 0.3 is 0 Å².